The minimum absolute atomic E-state index is 0.0491. The molecule has 0 saturated heterocycles. The van der Waals surface area contributed by atoms with Crippen LogP contribution < -0.4 is 0 Å². The van der Waals surface area contributed by atoms with Crippen molar-refractivity contribution in [3.63, 3.8) is 0 Å². The van der Waals surface area contributed by atoms with Crippen LogP contribution in [0, 0.1) is 0 Å². The predicted molar refractivity (Wildman–Crippen MR) is 92.0 cm³/mol. The number of carbonyl (C=O) groups excluding carboxylic acids is 1. The molecule has 0 saturated carbocycles. The van der Waals surface area contributed by atoms with Gasteiger partial charge in [0.2, 0.25) is 5.78 Å². The van der Waals surface area contributed by atoms with Crippen molar-refractivity contribution in [1.29, 1.82) is 0 Å². The first-order valence-electron chi connectivity index (χ1n) is 7.86. The molecule has 4 aromatic rings. The molecule has 2 heterocycles. The average molecular weight is 316 g/mol. The van der Waals surface area contributed by atoms with Gasteiger partial charge in [0.15, 0.2) is 5.76 Å². The highest BCUT2D eigenvalue weighted by Gasteiger charge is 2.25. The molecular weight excluding hydrogens is 300 g/mol. The molecule has 0 N–H and O–H groups in total. The SMILES string of the molecule is O=C(c1ccco1)[C@H](Cc1ccccc1)n1cnc2ccccc21. The molecule has 0 radical (unpaired) electrons. The van der Waals surface area contributed by atoms with Crippen molar-refractivity contribution in [2.75, 3.05) is 0 Å². The van der Waals surface area contributed by atoms with Gasteiger partial charge in [-0.2, -0.15) is 0 Å². The average Bonchev–Trinajstić information content (AvgIpc) is 3.30. The maximum absolute atomic E-state index is 13.0. The smallest absolute Gasteiger partial charge is 0.221 e. The summed E-state index contributed by atoms with van der Waals surface area (Å²) in [5.74, 6) is 0.320. The van der Waals surface area contributed by atoms with Gasteiger partial charge in [-0.3, -0.25) is 4.79 Å². The molecular formula is C20H16N2O2. The first-order chi connectivity index (χ1) is 11.8. The molecule has 4 rings (SSSR count). The minimum Gasteiger partial charge on any atom is -0.461 e. The lowest BCUT2D eigenvalue weighted by Crippen LogP contribution is -2.21. The van der Waals surface area contributed by atoms with Crippen LogP contribution in [0.5, 0.6) is 0 Å². The van der Waals surface area contributed by atoms with Crippen molar-refractivity contribution in [2.24, 2.45) is 0 Å². The second-order valence-corrected chi connectivity index (χ2v) is 5.69. The third-order valence-electron chi connectivity index (χ3n) is 4.16. The topological polar surface area (TPSA) is 48.0 Å². The summed E-state index contributed by atoms with van der Waals surface area (Å²) >= 11 is 0. The number of nitrogens with zero attached hydrogens (tertiary/aromatic N) is 2. The summed E-state index contributed by atoms with van der Waals surface area (Å²) in [6, 6.07) is 20.9. The summed E-state index contributed by atoms with van der Waals surface area (Å²) in [5, 5.41) is 0. The Morgan fingerprint density at radius 2 is 1.79 bits per heavy atom. The lowest BCUT2D eigenvalue weighted by Gasteiger charge is -2.17. The van der Waals surface area contributed by atoms with Gasteiger partial charge >= 0.3 is 0 Å². The summed E-state index contributed by atoms with van der Waals surface area (Å²) in [6.45, 7) is 0. The van der Waals surface area contributed by atoms with E-state index in [-0.39, 0.29) is 5.78 Å². The number of rotatable bonds is 5. The van der Waals surface area contributed by atoms with Crippen molar-refractivity contribution >= 4 is 16.8 Å². The van der Waals surface area contributed by atoms with E-state index in [1.165, 1.54) is 6.26 Å². The maximum atomic E-state index is 13.0. The Morgan fingerprint density at radius 1 is 1.00 bits per heavy atom. The van der Waals surface area contributed by atoms with Gasteiger partial charge in [-0.05, 0) is 29.8 Å². The number of ketones is 1. The van der Waals surface area contributed by atoms with E-state index in [9.17, 15) is 4.79 Å². The van der Waals surface area contributed by atoms with Crippen LogP contribution in [0.15, 0.2) is 83.7 Å². The highest BCUT2D eigenvalue weighted by Crippen LogP contribution is 2.24. The lowest BCUT2D eigenvalue weighted by molar-refractivity contribution is 0.0898. The van der Waals surface area contributed by atoms with Crippen LogP contribution in [0.2, 0.25) is 0 Å². The highest BCUT2D eigenvalue weighted by molar-refractivity contribution is 5.97. The molecule has 0 unspecified atom stereocenters. The van der Waals surface area contributed by atoms with Crippen LogP contribution >= 0.6 is 0 Å². The molecule has 118 valence electrons. The largest absolute Gasteiger partial charge is 0.461 e. The van der Waals surface area contributed by atoms with Gasteiger partial charge in [-0.1, -0.05) is 42.5 Å². The van der Waals surface area contributed by atoms with Crippen LogP contribution in [-0.4, -0.2) is 15.3 Å². The first kappa shape index (κ1) is 14.5. The van der Waals surface area contributed by atoms with Crippen molar-refractivity contribution in [3.05, 3.63) is 90.6 Å². The van der Waals surface area contributed by atoms with E-state index in [0.29, 0.717) is 12.2 Å². The molecule has 0 aliphatic rings. The van der Waals surface area contributed by atoms with E-state index < -0.39 is 6.04 Å². The van der Waals surface area contributed by atoms with E-state index in [0.717, 1.165) is 16.6 Å². The highest BCUT2D eigenvalue weighted by atomic mass is 16.3. The summed E-state index contributed by atoms with van der Waals surface area (Å²) in [4.78, 5) is 17.4. The van der Waals surface area contributed by atoms with Crippen LogP contribution in [0.25, 0.3) is 11.0 Å². The first-order valence-corrected chi connectivity index (χ1v) is 7.86. The summed E-state index contributed by atoms with van der Waals surface area (Å²) in [7, 11) is 0. The van der Waals surface area contributed by atoms with Crippen molar-refractivity contribution in [2.45, 2.75) is 12.5 Å². The standard InChI is InChI=1S/C20H16N2O2/c23-20(19-11-6-12-24-19)18(13-15-7-2-1-3-8-15)22-14-21-16-9-4-5-10-17(16)22/h1-12,14,18H,13H2/t18-/m0/s1. The Hall–Kier alpha value is -3.14. The zero-order valence-electron chi connectivity index (χ0n) is 13.0. The van der Waals surface area contributed by atoms with Crippen LogP contribution in [0.4, 0.5) is 0 Å². The number of Topliss-reactive ketones (excluding diaryl/α,β-unsaturated/α-hetero) is 1. The van der Waals surface area contributed by atoms with E-state index in [1.54, 1.807) is 18.5 Å². The molecule has 0 aliphatic carbocycles. The third kappa shape index (κ3) is 2.63. The van der Waals surface area contributed by atoms with Gasteiger partial charge in [0.1, 0.15) is 6.04 Å². The number of para-hydroxylation sites is 2. The lowest BCUT2D eigenvalue weighted by atomic mass is 10.0. The molecule has 0 amide bonds. The zero-order valence-corrected chi connectivity index (χ0v) is 13.0. The van der Waals surface area contributed by atoms with E-state index in [2.05, 4.69) is 4.98 Å². The van der Waals surface area contributed by atoms with E-state index in [4.69, 9.17) is 4.42 Å². The Morgan fingerprint density at radius 3 is 2.58 bits per heavy atom. The van der Waals surface area contributed by atoms with Crippen molar-refractivity contribution < 1.29 is 9.21 Å². The van der Waals surface area contributed by atoms with Gasteiger partial charge in [0.05, 0.1) is 23.6 Å². The van der Waals surface area contributed by atoms with E-state index >= 15 is 0 Å². The second-order valence-electron chi connectivity index (χ2n) is 5.69. The Kier molecular flexibility index (Phi) is 3.71. The van der Waals surface area contributed by atoms with Gasteiger partial charge in [0.25, 0.3) is 0 Å². The fourth-order valence-electron chi connectivity index (χ4n) is 2.96. The fourth-order valence-corrected chi connectivity index (χ4v) is 2.96. The summed E-state index contributed by atoms with van der Waals surface area (Å²) < 4.78 is 7.28. The molecule has 24 heavy (non-hydrogen) atoms. The Balaban J connectivity index is 1.79. The molecule has 0 spiro atoms. The number of aromatic nitrogens is 2. The van der Waals surface area contributed by atoms with Crippen molar-refractivity contribution in [1.82, 2.24) is 9.55 Å². The van der Waals surface area contributed by atoms with Gasteiger partial charge in [0, 0.05) is 6.42 Å². The number of hydrogen-bond acceptors (Lipinski definition) is 3. The predicted octanol–water partition coefficient (Wildman–Crippen LogP) is 4.30. The van der Waals surface area contributed by atoms with Gasteiger partial charge < -0.3 is 8.98 Å². The molecule has 1 atom stereocenters. The van der Waals surface area contributed by atoms with Crippen LogP contribution in [0.1, 0.15) is 22.2 Å². The van der Waals surface area contributed by atoms with Crippen LogP contribution in [-0.2, 0) is 6.42 Å². The number of carbonyl (C=O) groups is 1. The molecule has 0 bridgehead atoms. The number of hydrogen-bond donors (Lipinski definition) is 0. The fraction of sp³-hybridized carbons (Fsp3) is 0.100. The normalized spacial score (nSPS) is 12.3. The van der Waals surface area contributed by atoms with Gasteiger partial charge in [-0.15, -0.1) is 0 Å². The maximum Gasteiger partial charge on any atom is 0.221 e. The monoisotopic (exact) mass is 316 g/mol. The Labute approximate surface area is 139 Å². The summed E-state index contributed by atoms with van der Waals surface area (Å²) in [6.07, 6.45) is 3.85. The van der Waals surface area contributed by atoms with Gasteiger partial charge in [-0.25, -0.2) is 4.98 Å². The molecule has 4 heteroatoms. The van der Waals surface area contributed by atoms with Crippen molar-refractivity contribution in [3.8, 4) is 0 Å². The second kappa shape index (κ2) is 6.16. The summed E-state index contributed by atoms with van der Waals surface area (Å²) in [5.41, 5.74) is 2.92. The third-order valence-corrected chi connectivity index (χ3v) is 4.16. The zero-order chi connectivity index (χ0) is 16.4. The molecule has 0 aliphatic heterocycles. The molecule has 4 nitrogen and oxygen atoms in total. The quantitative estimate of drug-likeness (QED) is 0.516. The number of fused-ring (bicyclic) bond motifs is 1. The number of imidazole rings is 1. The van der Waals surface area contributed by atoms with Crippen LogP contribution in [0.3, 0.4) is 0 Å². The molecule has 2 aromatic heterocycles. The molecule has 0 fully saturated rings. The number of furan rings is 1. The molecule has 2 aromatic carbocycles. The minimum atomic E-state index is -0.397. The number of benzene rings is 2. The Bertz CT molecular complexity index is 956. The van der Waals surface area contributed by atoms with E-state index in [1.807, 2.05) is 59.2 Å².